The molecule has 37 heavy (non-hydrogen) atoms. The Hall–Kier alpha value is -3.82. The van der Waals surface area contributed by atoms with E-state index in [-0.39, 0.29) is 9.99 Å². The summed E-state index contributed by atoms with van der Waals surface area (Å²) in [5, 5.41) is 7.42. The fourth-order valence-electron chi connectivity index (χ4n) is 3.60. The highest BCUT2D eigenvalue weighted by Gasteiger charge is 2.42. The molecule has 14 heteroatoms. The zero-order valence-electron chi connectivity index (χ0n) is 18.7. The van der Waals surface area contributed by atoms with Gasteiger partial charge in [0.05, 0.1) is 11.8 Å². The first kappa shape index (κ1) is 26.2. The fourth-order valence-corrected chi connectivity index (χ4v) is 4.24. The molecular weight excluding hydrogens is 616 g/mol. The van der Waals surface area contributed by atoms with E-state index < -0.39 is 63.6 Å². The van der Waals surface area contributed by atoms with E-state index >= 15 is 0 Å². The lowest BCUT2D eigenvalue weighted by molar-refractivity contribution is -0.142. The Labute approximate surface area is 218 Å². The molecule has 4 rings (SSSR count). The molecule has 0 atom stereocenters. The van der Waals surface area contributed by atoms with E-state index in [1.807, 2.05) is 33.4 Å². The molecule has 0 saturated heterocycles. The van der Waals surface area contributed by atoms with E-state index in [4.69, 9.17) is 4.52 Å². The zero-order chi connectivity index (χ0) is 26.9. The van der Waals surface area contributed by atoms with E-state index in [0.29, 0.717) is 10.2 Å². The normalized spacial score (nSPS) is 11.4. The van der Waals surface area contributed by atoms with Crippen molar-refractivity contribution in [3.05, 3.63) is 77.1 Å². The molecule has 0 spiro atoms. The van der Waals surface area contributed by atoms with Gasteiger partial charge in [0, 0.05) is 16.9 Å². The van der Waals surface area contributed by atoms with E-state index in [9.17, 15) is 31.5 Å². The first-order valence-electron chi connectivity index (χ1n) is 10.3. The number of alkyl halides is 4. The molecule has 8 nitrogen and oxygen atoms in total. The molecule has 0 saturated carbocycles. The van der Waals surface area contributed by atoms with Gasteiger partial charge in [-0.1, -0.05) is 52.0 Å². The summed E-state index contributed by atoms with van der Waals surface area (Å²) in [5.74, 6) is -4.32. The van der Waals surface area contributed by atoms with E-state index in [0.717, 1.165) is 31.3 Å². The zero-order valence-corrected chi connectivity index (χ0v) is 20.8. The van der Waals surface area contributed by atoms with Crippen molar-refractivity contribution in [2.75, 3.05) is 0 Å². The SMILES string of the molecule is CC(=O)NNC(=O)c1c(-c2c(F)cccc2CI)noc1-c1cnn(-c2ccccc2F)c1C(F)(F)F. The Balaban J connectivity index is 2.01. The second kappa shape index (κ2) is 10.3. The summed E-state index contributed by atoms with van der Waals surface area (Å²) in [6.07, 6.45) is -4.37. The summed E-state index contributed by atoms with van der Waals surface area (Å²) in [6, 6.07) is 8.72. The van der Waals surface area contributed by atoms with Gasteiger partial charge in [-0.2, -0.15) is 18.3 Å². The second-order valence-corrected chi connectivity index (χ2v) is 8.31. The average molecular weight is 631 g/mol. The smallest absolute Gasteiger partial charge is 0.355 e. The highest BCUT2D eigenvalue weighted by atomic mass is 127. The molecule has 192 valence electrons. The van der Waals surface area contributed by atoms with Crippen molar-refractivity contribution in [2.45, 2.75) is 17.5 Å². The van der Waals surface area contributed by atoms with Crippen LogP contribution in [0.4, 0.5) is 22.0 Å². The van der Waals surface area contributed by atoms with Crippen LogP contribution in [0, 0.1) is 11.6 Å². The van der Waals surface area contributed by atoms with Crippen LogP contribution in [0.5, 0.6) is 0 Å². The average Bonchev–Trinajstić information content (AvgIpc) is 3.47. The third-order valence-electron chi connectivity index (χ3n) is 5.11. The Morgan fingerprint density at radius 1 is 1.05 bits per heavy atom. The molecule has 2 aromatic carbocycles. The van der Waals surface area contributed by atoms with Gasteiger partial charge in [0.1, 0.15) is 28.6 Å². The number of carbonyl (C=O) groups is 2. The number of benzene rings is 2. The topological polar surface area (TPSA) is 102 Å². The third kappa shape index (κ3) is 5.05. The number of hydrogen-bond acceptors (Lipinski definition) is 5. The van der Waals surface area contributed by atoms with Gasteiger partial charge in [0.25, 0.3) is 5.91 Å². The number of halogens is 6. The van der Waals surface area contributed by atoms with Gasteiger partial charge < -0.3 is 4.52 Å². The number of aromatic nitrogens is 3. The van der Waals surface area contributed by atoms with Crippen LogP contribution in [0.2, 0.25) is 0 Å². The lowest BCUT2D eigenvalue weighted by Crippen LogP contribution is -2.40. The van der Waals surface area contributed by atoms with Gasteiger partial charge >= 0.3 is 6.18 Å². The minimum atomic E-state index is -5.10. The molecule has 2 aromatic heterocycles. The second-order valence-electron chi connectivity index (χ2n) is 7.55. The van der Waals surface area contributed by atoms with Crippen molar-refractivity contribution in [2.24, 2.45) is 0 Å². The van der Waals surface area contributed by atoms with Crippen molar-refractivity contribution in [1.82, 2.24) is 25.8 Å². The first-order valence-corrected chi connectivity index (χ1v) is 11.9. The van der Waals surface area contributed by atoms with E-state index in [1.54, 1.807) is 6.07 Å². The maximum atomic E-state index is 14.9. The minimum absolute atomic E-state index is 0.171. The van der Waals surface area contributed by atoms with Gasteiger partial charge in [-0.15, -0.1) is 0 Å². The maximum Gasteiger partial charge on any atom is 0.434 e. The van der Waals surface area contributed by atoms with E-state index in [1.165, 1.54) is 18.2 Å². The third-order valence-corrected chi connectivity index (χ3v) is 5.94. The van der Waals surface area contributed by atoms with Crippen LogP contribution in [-0.4, -0.2) is 26.8 Å². The lowest BCUT2D eigenvalue weighted by atomic mass is 9.98. The Bertz CT molecular complexity index is 1500. The molecule has 0 radical (unpaired) electrons. The summed E-state index contributed by atoms with van der Waals surface area (Å²) in [4.78, 5) is 24.4. The van der Waals surface area contributed by atoms with Crippen molar-refractivity contribution < 1.29 is 36.1 Å². The van der Waals surface area contributed by atoms with Crippen molar-refractivity contribution in [1.29, 1.82) is 0 Å². The van der Waals surface area contributed by atoms with Crippen molar-refractivity contribution in [3.8, 4) is 28.3 Å². The molecule has 0 aliphatic carbocycles. The van der Waals surface area contributed by atoms with Gasteiger partial charge in [-0.25, -0.2) is 13.5 Å². The predicted octanol–water partition coefficient (Wildman–Crippen LogP) is 5.21. The minimum Gasteiger partial charge on any atom is -0.355 e. The molecule has 0 aliphatic rings. The standard InChI is InChI=1S/C23H15F5IN5O3/c1-11(35)31-32-22(36)18-19(17-12(9-29)5-4-7-15(17)25)33-37-20(18)13-10-30-34(21(13)23(26,27)28)16-8-3-2-6-14(16)24/h2-8,10H,9H2,1H3,(H,31,35)(H,32,36). The molecule has 0 unspecified atom stereocenters. The molecule has 0 bridgehead atoms. The summed E-state index contributed by atoms with van der Waals surface area (Å²) in [7, 11) is 0. The highest BCUT2D eigenvalue weighted by molar-refractivity contribution is 14.1. The van der Waals surface area contributed by atoms with Crippen molar-refractivity contribution in [3.63, 3.8) is 0 Å². The van der Waals surface area contributed by atoms with Crippen LogP contribution in [0.15, 0.2) is 53.2 Å². The van der Waals surface area contributed by atoms with E-state index in [2.05, 4.69) is 10.3 Å². The van der Waals surface area contributed by atoms with Crippen LogP contribution in [0.1, 0.15) is 28.5 Å². The maximum absolute atomic E-state index is 14.9. The molecule has 4 aromatic rings. The quantitative estimate of drug-likeness (QED) is 0.136. The number of rotatable bonds is 5. The number of nitrogens with one attached hydrogen (secondary N) is 2. The summed E-state index contributed by atoms with van der Waals surface area (Å²) >= 11 is 1.94. The summed E-state index contributed by atoms with van der Waals surface area (Å²) < 4.78 is 77.9. The highest BCUT2D eigenvalue weighted by Crippen LogP contribution is 2.42. The van der Waals surface area contributed by atoms with Gasteiger partial charge in [-0.05, 0) is 23.8 Å². The fraction of sp³-hybridized carbons (Fsp3) is 0.130. The monoisotopic (exact) mass is 631 g/mol. The molecular formula is C23H15F5IN5O3. The number of para-hydroxylation sites is 1. The summed E-state index contributed by atoms with van der Waals surface area (Å²) in [5.41, 5.74) is 0.556. The number of amides is 2. The Kier molecular flexibility index (Phi) is 7.29. The molecule has 0 fully saturated rings. The Morgan fingerprint density at radius 3 is 2.41 bits per heavy atom. The molecule has 2 N–H and O–H groups in total. The predicted molar refractivity (Wildman–Crippen MR) is 128 cm³/mol. The largest absolute Gasteiger partial charge is 0.434 e. The number of nitrogens with zero attached hydrogens (tertiary/aromatic N) is 3. The summed E-state index contributed by atoms with van der Waals surface area (Å²) in [6.45, 7) is 1.08. The van der Waals surface area contributed by atoms with Crippen molar-refractivity contribution >= 4 is 34.4 Å². The van der Waals surface area contributed by atoms with Gasteiger partial charge in [-0.3, -0.25) is 20.4 Å². The van der Waals surface area contributed by atoms with Crippen LogP contribution in [-0.2, 0) is 15.4 Å². The first-order chi connectivity index (χ1) is 17.5. The molecule has 2 heterocycles. The van der Waals surface area contributed by atoms with Crippen LogP contribution in [0.3, 0.4) is 0 Å². The van der Waals surface area contributed by atoms with Crippen LogP contribution in [0.25, 0.3) is 28.3 Å². The van der Waals surface area contributed by atoms with Gasteiger partial charge in [0.2, 0.25) is 5.91 Å². The van der Waals surface area contributed by atoms with Crippen LogP contribution < -0.4 is 10.9 Å². The van der Waals surface area contributed by atoms with Gasteiger partial charge in [0.15, 0.2) is 11.5 Å². The Morgan fingerprint density at radius 2 is 1.76 bits per heavy atom. The van der Waals surface area contributed by atoms with Crippen LogP contribution >= 0.6 is 22.6 Å². The number of carbonyl (C=O) groups excluding carboxylic acids is 2. The molecule has 2 amide bonds. The number of hydrogen-bond donors (Lipinski definition) is 2. The number of hydrazine groups is 1. The lowest BCUT2D eigenvalue weighted by Gasteiger charge is -2.13. The molecule has 0 aliphatic heterocycles.